The monoisotopic (exact) mass is 290 g/mol. The molecule has 3 N–H and O–H groups in total. The van der Waals surface area contributed by atoms with Gasteiger partial charge >= 0.3 is 0 Å². The first-order chi connectivity index (χ1) is 10.1. The number of nitrogens with one attached hydrogen (secondary N) is 1. The van der Waals surface area contributed by atoms with Crippen molar-refractivity contribution < 1.29 is 4.92 Å². The molecule has 2 fully saturated rings. The van der Waals surface area contributed by atoms with Gasteiger partial charge in [0.15, 0.2) is 0 Å². The fourth-order valence-corrected chi connectivity index (χ4v) is 3.58. The Hall–Kier alpha value is -1.82. The average molecular weight is 290 g/mol. The Morgan fingerprint density at radius 3 is 2.62 bits per heavy atom. The van der Waals surface area contributed by atoms with Crippen LogP contribution in [-0.2, 0) is 0 Å². The van der Waals surface area contributed by atoms with E-state index in [0.717, 1.165) is 31.2 Å². The molecule has 2 aliphatic heterocycles. The van der Waals surface area contributed by atoms with Crippen LogP contribution >= 0.6 is 0 Å². The van der Waals surface area contributed by atoms with Crippen LogP contribution in [-0.4, -0.2) is 30.6 Å². The van der Waals surface area contributed by atoms with Crippen molar-refractivity contribution in [2.75, 3.05) is 30.3 Å². The maximum Gasteiger partial charge on any atom is 0.292 e. The molecule has 1 unspecified atom stereocenters. The van der Waals surface area contributed by atoms with E-state index in [1.807, 2.05) is 6.07 Å². The SMILES string of the molecule is Nc1cc(N2CCC(C3CCCN3)CC2)ccc1[N+](=O)[O-]. The highest BCUT2D eigenvalue weighted by atomic mass is 16.6. The molecule has 0 amide bonds. The van der Waals surface area contributed by atoms with Gasteiger partial charge in [-0.15, -0.1) is 0 Å². The Kier molecular flexibility index (Phi) is 3.96. The number of nitro groups is 1. The van der Waals surface area contributed by atoms with E-state index in [2.05, 4.69) is 10.2 Å². The van der Waals surface area contributed by atoms with Gasteiger partial charge in [0.05, 0.1) is 4.92 Å². The van der Waals surface area contributed by atoms with E-state index in [1.54, 1.807) is 6.07 Å². The topological polar surface area (TPSA) is 84.4 Å². The molecular formula is C15H22N4O2. The van der Waals surface area contributed by atoms with Crippen molar-refractivity contribution in [3.63, 3.8) is 0 Å². The highest BCUT2D eigenvalue weighted by molar-refractivity contribution is 5.66. The lowest BCUT2D eigenvalue weighted by molar-refractivity contribution is -0.383. The number of anilines is 2. The van der Waals surface area contributed by atoms with Gasteiger partial charge in [-0.25, -0.2) is 0 Å². The van der Waals surface area contributed by atoms with Crippen LogP contribution in [0.5, 0.6) is 0 Å². The number of hydrogen-bond acceptors (Lipinski definition) is 5. The fourth-order valence-electron chi connectivity index (χ4n) is 3.58. The van der Waals surface area contributed by atoms with E-state index in [9.17, 15) is 10.1 Å². The Bertz CT molecular complexity index is 520. The van der Waals surface area contributed by atoms with Crippen molar-refractivity contribution >= 4 is 17.1 Å². The van der Waals surface area contributed by atoms with Crippen LogP contribution in [0, 0.1) is 16.0 Å². The van der Waals surface area contributed by atoms with Gasteiger partial charge in [-0.2, -0.15) is 0 Å². The largest absolute Gasteiger partial charge is 0.393 e. The number of nitrogen functional groups attached to an aromatic ring is 1. The van der Waals surface area contributed by atoms with Gasteiger partial charge in [0.1, 0.15) is 5.69 Å². The highest BCUT2D eigenvalue weighted by Crippen LogP contribution is 2.31. The van der Waals surface area contributed by atoms with E-state index in [4.69, 9.17) is 5.73 Å². The molecule has 2 heterocycles. The molecule has 0 spiro atoms. The first-order valence-electron chi connectivity index (χ1n) is 7.67. The number of nitro benzene ring substituents is 1. The molecule has 6 heteroatoms. The molecule has 0 aliphatic carbocycles. The van der Waals surface area contributed by atoms with Crippen LogP contribution in [0.3, 0.4) is 0 Å². The van der Waals surface area contributed by atoms with Gasteiger partial charge in [0, 0.05) is 30.9 Å². The van der Waals surface area contributed by atoms with Gasteiger partial charge in [0.25, 0.3) is 5.69 Å². The third kappa shape index (κ3) is 2.95. The number of piperidine rings is 1. The zero-order valence-electron chi connectivity index (χ0n) is 12.1. The normalized spacial score (nSPS) is 23.4. The van der Waals surface area contributed by atoms with Crippen LogP contribution in [0.25, 0.3) is 0 Å². The number of nitrogens with two attached hydrogens (primary N) is 1. The Labute approximate surface area is 124 Å². The fraction of sp³-hybridized carbons (Fsp3) is 0.600. The second-order valence-corrected chi connectivity index (χ2v) is 6.03. The Balaban J connectivity index is 1.64. The second-order valence-electron chi connectivity index (χ2n) is 6.03. The smallest absolute Gasteiger partial charge is 0.292 e. The van der Waals surface area contributed by atoms with Crippen molar-refractivity contribution in [1.82, 2.24) is 5.32 Å². The maximum absolute atomic E-state index is 10.8. The average Bonchev–Trinajstić information content (AvgIpc) is 3.01. The van der Waals surface area contributed by atoms with Crippen LogP contribution in [0.15, 0.2) is 18.2 Å². The lowest BCUT2D eigenvalue weighted by Gasteiger charge is -2.36. The van der Waals surface area contributed by atoms with Crippen molar-refractivity contribution in [2.24, 2.45) is 5.92 Å². The summed E-state index contributed by atoms with van der Waals surface area (Å²) < 4.78 is 0. The number of nitrogens with zero attached hydrogens (tertiary/aromatic N) is 2. The van der Waals surface area contributed by atoms with Crippen LogP contribution in [0.2, 0.25) is 0 Å². The summed E-state index contributed by atoms with van der Waals surface area (Å²) in [6.07, 6.45) is 4.95. The maximum atomic E-state index is 10.8. The number of benzene rings is 1. The molecule has 6 nitrogen and oxygen atoms in total. The Morgan fingerprint density at radius 2 is 2.05 bits per heavy atom. The first-order valence-corrected chi connectivity index (χ1v) is 7.67. The van der Waals surface area contributed by atoms with Crippen molar-refractivity contribution in [3.8, 4) is 0 Å². The third-order valence-electron chi connectivity index (χ3n) is 4.78. The molecule has 1 atom stereocenters. The molecule has 2 aliphatic rings. The van der Waals surface area contributed by atoms with Gasteiger partial charge in [-0.3, -0.25) is 10.1 Å². The minimum atomic E-state index is -0.433. The molecule has 1 aromatic rings. The predicted molar refractivity (Wildman–Crippen MR) is 83.5 cm³/mol. The zero-order valence-corrected chi connectivity index (χ0v) is 12.1. The summed E-state index contributed by atoms with van der Waals surface area (Å²) in [6, 6.07) is 5.73. The van der Waals surface area contributed by atoms with E-state index in [-0.39, 0.29) is 11.4 Å². The van der Waals surface area contributed by atoms with Crippen LogP contribution in [0.1, 0.15) is 25.7 Å². The summed E-state index contributed by atoms with van der Waals surface area (Å²) >= 11 is 0. The molecule has 0 aromatic heterocycles. The number of hydrogen-bond donors (Lipinski definition) is 2. The highest BCUT2D eigenvalue weighted by Gasteiger charge is 2.28. The van der Waals surface area contributed by atoms with Gasteiger partial charge in [0.2, 0.25) is 0 Å². The molecular weight excluding hydrogens is 268 g/mol. The van der Waals surface area contributed by atoms with E-state index in [0.29, 0.717) is 6.04 Å². The molecule has 114 valence electrons. The van der Waals surface area contributed by atoms with Gasteiger partial charge in [-0.1, -0.05) is 0 Å². The summed E-state index contributed by atoms with van der Waals surface area (Å²) in [5.74, 6) is 0.763. The van der Waals surface area contributed by atoms with Crippen LogP contribution < -0.4 is 16.0 Å². The quantitative estimate of drug-likeness (QED) is 0.506. The van der Waals surface area contributed by atoms with Gasteiger partial charge in [-0.05, 0) is 50.3 Å². The summed E-state index contributed by atoms with van der Waals surface area (Å²) in [5.41, 5.74) is 7.01. The lowest BCUT2D eigenvalue weighted by Crippen LogP contribution is -2.40. The second kappa shape index (κ2) is 5.89. The molecule has 1 aromatic carbocycles. The van der Waals surface area contributed by atoms with E-state index >= 15 is 0 Å². The molecule has 0 radical (unpaired) electrons. The third-order valence-corrected chi connectivity index (χ3v) is 4.78. The summed E-state index contributed by atoms with van der Waals surface area (Å²) in [6.45, 7) is 3.16. The first kappa shape index (κ1) is 14.1. The van der Waals surface area contributed by atoms with Crippen molar-refractivity contribution in [3.05, 3.63) is 28.3 Å². The summed E-state index contributed by atoms with van der Waals surface area (Å²) in [5, 5.41) is 14.4. The van der Waals surface area contributed by atoms with Crippen molar-refractivity contribution in [1.29, 1.82) is 0 Å². The lowest BCUT2D eigenvalue weighted by atomic mass is 9.88. The molecule has 0 saturated carbocycles. The minimum Gasteiger partial charge on any atom is -0.393 e. The minimum absolute atomic E-state index is 0.0104. The summed E-state index contributed by atoms with van der Waals surface area (Å²) in [7, 11) is 0. The predicted octanol–water partition coefficient (Wildman–Crippen LogP) is 2.15. The zero-order chi connectivity index (χ0) is 14.8. The molecule has 3 rings (SSSR count). The van der Waals surface area contributed by atoms with E-state index < -0.39 is 4.92 Å². The molecule has 2 saturated heterocycles. The number of rotatable bonds is 3. The van der Waals surface area contributed by atoms with Gasteiger partial charge < -0.3 is 16.0 Å². The van der Waals surface area contributed by atoms with Crippen molar-refractivity contribution in [2.45, 2.75) is 31.7 Å². The standard InChI is InChI=1S/C15H22N4O2/c16-13-10-12(3-4-15(13)19(20)21)18-8-5-11(6-9-18)14-2-1-7-17-14/h3-4,10-11,14,17H,1-2,5-9,16H2. The summed E-state index contributed by atoms with van der Waals surface area (Å²) in [4.78, 5) is 12.7. The molecule has 21 heavy (non-hydrogen) atoms. The molecule has 0 bridgehead atoms. The Morgan fingerprint density at radius 1 is 1.29 bits per heavy atom. The van der Waals surface area contributed by atoms with Crippen LogP contribution in [0.4, 0.5) is 17.1 Å². The van der Waals surface area contributed by atoms with E-state index in [1.165, 1.54) is 31.7 Å².